The van der Waals surface area contributed by atoms with Crippen LogP contribution in [0.3, 0.4) is 0 Å². The molecular weight excluding hydrogens is 380 g/mol. The van der Waals surface area contributed by atoms with Gasteiger partial charge in [0.2, 0.25) is 5.88 Å². The van der Waals surface area contributed by atoms with Crippen LogP contribution in [0.5, 0.6) is 17.4 Å². The molecule has 3 aromatic rings. The molecule has 2 aromatic carbocycles. The zero-order chi connectivity index (χ0) is 21.2. The molecule has 154 valence electrons. The summed E-state index contributed by atoms with van der Waals surface area (Å²) < 4.78 is 16.6. The monoisotopic (exact) mass is 404 g/mol. The van der Waals surface area contributed by atoms with Crippen molar-refractivity contribution in [1.82, 2.24) is 10.3 Å². The molecule has 0 fully saturated rings. The Balaban J connectivity index is 1.58. The highest BCUT2D eigenvalue weighted by atomic mass is 16.5. The predicted molar refractivity (Wildman–Crippen MR) is 115 cm³/mol. The van der Waals surface area contributed by atoms with E-state index >= 15 is 0 Å². The quantitative estimate of drug-likeness (QED) is 0.514. The molecule has 0 radical (unpaired) electrons. The Bertz CT molecular complexity index is 990. The molecule has 1 amide bonds. The Morgan fingerprint density at radius 2 is 1.87 bits per heavy atom. The van der Waals surface area contributed by atoms with E-state index in [-0.39, 0.29) is 5.91 Å². The molecule has 0 aliphatic heterocycles. The molecule has 6 heteroatoms. The molecule has 1 aromatic heterocycles. The van der Waals surface area contributed by atoms with Gasteiger partial charge in [-0.15, -0.1) is 0 Å². The lowest BCUT2D eigenvalue weighted by atomic mass is 10.1. The van der Waals surface area contributed by atoms with E-state index in [9.17, 15) is 4.79 Å². The summed E-state index contributed by atoms with van der Waals surface area (Å²) in [6.45, 7) is 4.76. The average molecular weight is 404 g/mol. The number of aromatic nitrogens is 1. The van der Waals surface area contributed by atoms with Gasteiger partial charge in [-0.2, -0.15) is 0 Å². The van der Waals surface area contributed by atoms with Crippen LogP contribution in [0.2, 0.25) is 0 Å². The summed E-state index contributed by atoms with van der Waals surface area (Å²) >= 11 is 0. The number of benzene rings is 2. The van der Waals surface area contributed by atoms with Gasteiger partial charge in [-0.1, -0.05) is 43.0 Å². The van der Waals surface area contributed by atoms with Crippen LogP contribution in [-0.4, -0.2) is 24.6 Å². The first kappa shape index (κ1) is 20.9. The van der Waals surface area contributed by atoms with Crippen LogP contribution in [-0.2, 0) is 13.2 Å². The van der Waals surface area contributed by atoms with Crippen LogP contribution in [0.1, 0.15) is 21.5 Å². The molecule has 0 unspecified atom stereocenters. The standard InChI is InChI=1S/C24H24N2O4/c1-3-13-29-21-10-9-20(15-22(21)28-2)24(27)26-16-19-11-12-25-23(14-19)30-17-18-7-5-4-6-8-18/h3-12,14-15H,1,13,16-17H2,2H3,(H,26,27). The van der Waals surface area contributed by atoms with Crippen LogP contribution < -0.4 is 19.5 Å². The molecule has 1 heterocycles. The van der Waals surface area contributed by atoms with Crippen molar-refractivity contribution < 1.29 is 19.0 Å². The highest BCUT2D eigenvalue weighted by Crippen LogP contribution is 2.28. The predicted octanol–water partition coefficient (Wildman–Crippen LogP) is 4.16. The molecule has 0 bridgehead atoms. The van der Waals surface area contributed by atoms with Crippen molar-refractivity contribution in [3.8, 4) is 17.4 Å². The van der Waals surface area contributed by atoms with E-state index in [1.807, 2.05) is 42.5 Å². The zero-order valence-corrected chi connectivity index (χ0v) is 16.8. The van der Waals surface area contributed by atoms with E-state index in [4.69, 9.17) is 14.2 Å². The van der Waals surface area contributed by atoms with Crippen LogP contribution in [0.15, 0.2) is 79.5 Å². The Labute approximate surface area is 176 Å². The fraction of sp³-hybridized carbons (Fsp3) is 0.167. The summed E-state index contributed by atoms with van der Waals surface area (Å²) in [5.41, 5.74) is 2.43. The second-order valence-electron chi connectivity index (χ2n) is 6.42. The summed E-state index contributed by atoms with van der Waals surface area (Å²) in [6.07, 6.45) is 3.31. The molecule has 1 N–H and O–H groups in total. The van der Waals surface area contributed by atoms with Gasteiger partial charge >= 0.3 is 0 Å². The number of nitrogens with one attached hydrogen (secondary N) is 1. The maximum absolute atomic E-state index is 12.5. The third kappa shape index (κ3) is 5.85. The normalized spacial score (nSPS) is 10.2. The lowest BCUT2D eigenvalue weighted by Gasteiger charge is -2.12. The molecule has 6 nitrogen and oxygen atoms in total. The van der Waals surface area contributed by atoms with Crippen LogP contribution >= 0.6 is 0 Å². The van der Waals surface area contributed by atoms with E-state index in [1.54, 1.807) is 30.5 Å². The molecule has 0 aliphatic carbocycles. The first-order chi connectivity index (χ1) is 14.7. The number of nitrogens with zero attached hydrogens (tertiary/aromatic N) is 1. The summed E-state index contributed by atoms with van der Waals surface area (Å²) in [5.74, 6) is 1.34. The van der Waals surface area contributed by atoms with Crippen LogP contribution in [0.4, 0.5) is 0 Å². The van der Waals surface area contributed by atoms with Gasteiger partial charge in [0.05, 0.1) is 7.11 Å². The van der Waals surface area contributed by atoms with Crippen molar-refractivity contribution in [2.75, 3.05) is 13.7 Å². The number of methoxy groups -OCH3 is 1. The SMILES string of the molecule is C=CCOc1ccc(C(=O)NCc2ccnc(OCc3ccccc3)c2)cc1OC. The minimum atomic E-state index is -0.216. The molecular formula is C24H24N2O4. The fourth-order valence-corrected chi connectivity index (χ4v) is 2.73. The van der Waals surface area contributed by atoms with Crippen molar-refractivity contribution in [3.05, 3.63) is 96.2 Å². The first-order valence-electron chi connectivity index (χ1n) is 9.51. The molecule has 3 rings (SSSR count). The Morgan fingerprint density at radius 3 is 2.63 bits per heavy atom. The number of hydrogen-bond donors (Lipinski definition) is 1. The van der Waals surface area contributed by atoms with Gasteiger partial charge in [-0.3, -0.25) is 4.79 Å². The summed E-state index contributed by atoms with van der Waals surface area (Å²) in [7, 11) is 1.53. The first-order valence-corrected chi connectivity index (χ1v) is 9.51. The lowest BCUT2D eigenvalue weighted by molar-refractivity contribution is 0.0950. The number of rotatable bonds is 10. The molecule has 0 spiro atoms. The second-order valence-corrected chi connectivity index (χ2v) is 6.42. The summed E-state index contributed by atoms with van der Waals surface area (Å²) in [4.78, 5) is 16.8. The van der Waals surface area contributed by atoms with Gasteiger partial charge in [0.1, 0.15) is 13.2 Å². The fourth-order valence-electron chi connectivity index (χ4n) is 2.73. The van der Waals surface area contributed by atoms with Crippen LogP contribution in [0.25, 0.3) is 0 Å². The maximum atomic E-state index is 12.5. The number of hydrogen-bond acceptors (Lipinski definition) is 5. The molecule has 0 saturated carbocycles. The molecule has 0 aliphatic rings. The smallest absolute Gasteiger partial charge is 0.251 e. The average Bonchev–Trinajstić information content (AvgIpc) is 2.80. The van der Waals surface area contributed by atoms with E-state index in [0.29, 0.717) is 42.7 Å². The molecule has 0 atom stereocenters. The van der Waals surface area contributed by atoms with Crippen molar-refractivity contribution in [2.45, 2.75) is 13.2 Å². The van der Waals surface area contributed by atoms with Crippen molar-refractivity contribution >= 4 is 5.91 Å². The Morgan fingerprint density at radius 1 is 1.03 bits per heavy atom. The van der Waals surface area contributed by atoms with Gasteiger partial charge in [-0.05, 0) is 35.4 Å². The van der Waals surface area contributed by atoms with E-state index < -0.39 is 0 Å². The van der Waals surface area contributed by atoms with Crippen molar-refractivity contribution in [3.63, 3.8) is 0 Å². The highest BCUT2D eigenvalue weighted by molar-refractivity contribution is 5.94. The largest absolute Gasteiger partial charge is 0.493 e. The van der Waals surface area contributed by atoms with Crippen LogP contribution in [0, 0.1) is 0 Å². The summed E-state index contributed by atoms with van der Waals surface area (Å²) in [6, 6.07) is 18.6. The van der Waals surface area contributed by atoms with E-state index in [1.165, 1.54) is 7.11 Å². The van der Waals surface area contributed by atoms with E-state index in [2.05, 4.69) is 16.9 Å². The lowest BCUT2D eigenvalue weighted by Crippen LogP contribution is -2.22. The van der Waals surface area contributed by atoms with Gasteiger partial charge in [0.15, 0.2) is 11.5 Å². The van der Waals surface area contributed by atoms with Gasteiger partial charge in [0, 0.05) is 24.4 Å². The zero-order valence-electron chi connectivity index (χ0n) is 16.8. The van der Waals surface area contributed by atoms with Crippen molar-refractivity contribution in [1.29, 1.82) is 0 Å². The number of carbonyl (C=O) groups is 1. The third-order valence-corrected chi connectivity index (χ3v) is 4.26. The minimum Gasteiger partial charge on any atom is -0.493 e. The highest BCUT2D eigenvalue weighted by Gasteiger charge is 2.11. The number of pyridine rings is 1. The molecule has 0 saturated heterocycles. The number of ether oxygens (including phenoxy) is 3. The number of amides is 1. The van der Waals surface area contributed by atoms with E-state index in [0.717, 1.165) is 11.1 Å². The van der Waals surface area contributed by atoms with Crippen molar-refractivity contribution in [2.24, 2.45) is 0 Å². The number of carbonyl (C=O) groups excluding carboxylic acids is 1. The van der Waals surface area contributed by atoms with Gasteiger partial charge in [0.25, 0.3) is 5.91 Å². The maximum Gasteiger partial charge on any atom is 0.251 e. The summed E-state index contributed by atoms with van der Waals surface area (Å²) in [5, 5.41) is 2.90. The van der Waals surface area contributed by atoms with Gasteiger partial charge in [-0.25, -0.2) is 4.98 Å². The Hall–Kier alpha value is -3.80. The third-order valence-electron chi connectivity index (χ3n) is 4.26. The minimum absolute atomic E-state index is 0.216. The van der Waals surface area contributed by atoms with Gasteiger partial charge < -0.3 is 19.5 Å². The topological polar surface area (TPSA) is 69.7 Å². The second kappa shape index (κ2) is 10.7. The molecule has 30 heavy (non-hydrogen) atoms. The Kier molecular flexibility index (Phi) is 7.44.